The van der Waals surface area contributed by atoms with E-state index >= 15 is 0 Å². The molecule has 1 heterocycles. The van der Waals surface area contributed by atoms with Crippen molar-refractivity contribution >= 4 is 6.09 Å². The highest BCUT2D eigenvalue weighted by molar-refractivity contribution is 5.68. The summed E-state index contributed by atoms with van der Waals surface area (Å²) in [4.78, 5) is 13.9. The predicted molar refractivity (Wildman–Crippen MR) is 87.4 cm³/mol. The van der Waals surface area contributed by atoms with Gasteiger partial charge in [-0.25, -0.2) is 4.79 Å². The van der Waals surface area contributed by atoms with Crippen LogP contribution in [-0.4, -0.2) is 45.9 Å². The molecule has 0 aliphatic carbocycles. The number of phenolic OH excluding ortho intramolecular Hbond substituents is 2. The molecule has 1 aliphatic heterocycles. The summed E-state index contributed by atoms with van der Waals surface area (Å²) in [5, 5.41) is 22.2. The minimum atomic E-state index is -0.485. The Morgan fingerprint density at radius 2 is 2.09 bits per heavy atom. The van der Waals surface area contributed by atoms with Crippen molar-refractivity contribution in [2.75, 3.05) is 13.1 Å². The average molecular weight is 322 g/mol. The SMILES string of the molecule is CC(C)(C)OC(=O)N1CCCC(NCc2ccc(O)c(O)c2)C1. The van der Waals surface area contributed by atoms with Crippen LogP contribution in [0, 0.1) is 0 Å². The molecule has 1 aromatic rings. The van der Waals surface area contributed by atoms with Crippen molar-refractivity contribution in [2.45, 2.75) is 51.8 Å². The van der Waals surface area contributed by atoms with Gasteiger partial charge in [0, 0.05) is 25.7 Å². The summed E-state index contributed by atoms with van der Waals surface area (Å²) in [6, 6.07) is 4.96. The molecule has 1 unspecified atom stereocenters. The van der Waals surface area contributed by atoms with Crippen LogP contribution < -0.4 is 5.32 Å². The number of likely N-dealkylation sites (tertiary alicyclic amines) is 1. The van der Waals surface area contributed by atoms with Crippen LogP contribution in [0.25, 0.3) is 0 Å². The van der Waals surface area contributed by atoms with Gasteiger partial charge in [0.25, 0.3) is 0 Å². The van der Waals surface area contributed by atoms with Gasteiger partial charge >= 0.3 is 6.09 Å². The van der Waals surface area contributed by atoms with E-state index in [4.69, 9.17) is 4.74 Å². The minimum Gasteiger partial charge on any atom is -0.504 e. The first-order chi connectivity index (χ1) is 10.7. The van der Waals surface area contributed by atoms with Crippen molar-refractivity contribution < 1.29 is 19.7 Å². The third-order valence-corrected chi connectivity index (χ3v) is 3.71. The number of amides is 1. The quantitative estimate of drug-likeness (QED) is 0.745. The van der Waals surface area contributed by atoms with Crippen molar-refractivity contribution in [3.63, 3.8) is 0 Å². The van der Waals surface area contributed by atoms with Gasteiger partial charge in [-0.05, 0) is 51.3 Å². The molecule has 1 fully saturated rings. The van der Waals surface area contributed by atoms with Gasteiger partial charge in [0.05, 0.1) is 0 Å². The van der Waals surface area contributed by atoms with Gasteiger partial charge in [-0.2, -0.15) is 0 Å². The van der Waals surface area contributed by atoms with E-state index in [0.717, 1.165) is 18.4 Å². The molecule has 0 spiro atoms. The standard InChI is InChI=1S/C17H26N2O4/c1-17(2,3)23-16(22)19-8-4-5-13(11-19)18-10-12-6-7-14(20)15(21)9-12/h6-7,9,13,18,20-21H,4-5,8,10-11H2,1-3H3. The fraction of sp³-hybridized carbons (Fsp3) is 0.588. The topological polar surface area (TPSA) is 82.0 Å². The smallest absolute Gasteiger partial charge is 0.410 e. The Morgan fingerprint density at radius 3 is 2.74 bits per heavy atom. The lowest BCUT2D eigenvalue weighted by Crippen LogP contribution is -2.49. The zero-order valence-electron chi connectivity index (χ0n) is 14.0. The zero-order valence-corrected chi connectivity index (χ0v) is 14.0. The Kier molecular flexibility index (Phi) is 5.36. The van der Waals surface area contributed by atoms with E-state index in [0.29, 0.717) is 19.6 Å². The number of aromatic hydroxyl groups is 2. The van der Waals surface area contributed by atoms with Crippen LogP contribution in [0.5, 0.6) is 11.5 Å². The molecule has 1 atom stereocenters. The highest BCUT2D eigenvalue weighted by Gasteiger charge is 2.27. The van der Waals surface area contributed by atoms with E-state index < -0.39 is 5.60 Å². The third-order valence-electron chi connectivity index (χ3n) is 3.71. The molecule has 0 radical (unpaired) electrons. The lowest BCUT2D eigenvalue weighted by atomic mass is 10.1. The average Bonchev–Trinajstić information content (AvgIpc) is 2.47. The van der Waals surface area contributed by atoms with Gasteiger partial charge in [0.2, 0.25) is 0 Å². The van der Waals surface area contributed by atoms with E-state index in [1.165, 1.54) is 12.1 Å². The van der Waals surface area contributed by atoms with E-state index in [1.807, 2.05) is 20.8 Å². The normalized spacial score (nSPS) is 18.7. The van der Waals surface area contributed by atoms with Crippen LogP contribution in [0.1, 0.15) is 39.2 Å². The van der Waals surface area contributed by atoms with Crippen molar-refractivity contribution in [2.24, 2.45) is 0 Å². The van der Waals surface area contributed by atoms with Crippen molar-refractivity contribution in [1.29, 1.82) is 0 Å². The summed E-state index contributed by atoms with van der Waals surface area (Å²) in [6.45, 7) is 7.48. The number of nitrogens with one attached hydrogen (secondary N) is 1. The largest absolute Gasteiger partial charge is 0.504 e. The molecular weight excluding hydrogens is 296 g/mol. The summed E-state index contributed by atoms with van der Waals surface area (Å²) in [5.41, 5.74) is 0.399. The number of ether oxygens (including phenoxy) is 1. The number of hydrogen-bond donors (Lipinski definition) is 3. The molecule has 1 aromatic carbocycles. The van der Waals surface area contributed by atoms with Gasteiger partial charge in [-0.15, -0.1) is 0 Å². The minimum absolute atomic E-state index is 0.122. The fourth-order valence-electron chi connectivity index (χ4n) is 2.58. The number of rotatable bonds is 3. The number of piperidine rings is 1. The maximum absolute atomic E-state index is 12.1. The van der Waals surface area contributed by atoms with Crippen LogP contribution in [0.4, 0.5) is 4.79 Å². The number of carbonyl (C=O) groups excluding carboxylic acids is 1. The molecule has 128 valence electrons. The van der Waals surface area contributed by atoms with Crippen LogP contribution in [0.2, 0.25) is 0 Å². The van der Waals surface area contributed by atoms with Gasteiger partial charge < -0.3 is 25.2 Å². The van der Waals surface area contributed by atoms with Crippen LogP contribution >= 0.6 is 0 Å². The molecule has 0 bridgehead atoms. The number of benzene rings is 1. The van der Waals surface area contributed by atoms with Gasteiger partial charge in [0.15, 0.2) is 11.5 Å². The molecule has 1 amide bonds. The highest BCUT2D eigenvalue weighted by Crippen LogP contribution is 2.25. The lowest BCUT2D eigenvalue weighted by Gasteiger charge is -2.34. The molecule has 0 saturated carbocycles. The molecule has 23 heavy (non-hydrogen) atoms. The Bertz CT molecular complexity index is 554. The summed E-state index contributed by atoms with van der Waals surface area (Å²) in [6.07, 6.45) is 1.65. The highest BCUT2D eigenvalue weighted by atomic mass is 16.6. The fourth-order valence-corrected chi connectivity index (χ4v) is 2.58. The summed E-state index contributed by atoms with van der Waals surface area (Å²) in [7, 11) is 0. The zero-order chi connectivity index (χ0) is 17.0. The maximum atomic E-state index is 12.1. The Balaban J connectivity index is 1.86. The first-order valence-electron chi connectivity index (χ1n) is 7.97. The third kappa shape index (κ3) is 5.32. The number of hydrogen-bond acceptors (Lipinski definition) is 5. The van der Waals surface area contributed by atoms with Crippen LogP contribution in [0.3, 0.4) is 0 Å². The Labute approximate surface area is 137 Å². The Hall–Kier alpha value is -1.95. The van der Waals surface area contributed by atoms with Crippen molar-refractivity contribution in [3.8, 4) is 11.5 Å². The van der Waals surface area contributed by atoms with Crippen molar-refractivity contribution in [3.05, 3.63) is 23.8 Å². The van der Waals surface area contributed by atoms with Gasteiger partial charge in [-0.3, -0.25) is 0 Å². The Morgan fingerprint density at radius 1 is 1.35 bits per heavy atom. The van der Waals surface area contributed by atoms with E-state index in [1.54, 1.807) is 11.0 Å². The monoisotopic (exact) mass is 322 g/mol. The molecule has 3 N–H and O–H groups in total. The summed E-state index contributed by atoms with van der Waals surface area (Å²) in [5.74, 6) is -0.245. The lowest BCUT2D eigenvalue weighted by molar-refractivity contribution is 0.0187. The molecule has 1 saturated heterocycles. The summed E-state index contributed by atoms with van der Waals surface area (Å²) < 4.78 is 5.42. The molecule has 0 aromatic heterocycles. The maximum Gasteiger partial charge on any atom is 0.410 e. The van der Waals surface area contributed by atoms with E-state index in [-0.39, 0.29) is 23.6 Å². The second kappa shape index (κ2) is 7.08. The van der Waals surface area contributed by atoms with E-state index in [2.05, 4.69) is 5.32 Å². The number of nitrogens with zero attached hydrogens (tertiary/aromatic N) is 1. The van der Waals surface area contributed by atoms with Crippen LogP contribution in [0.15, 0.2) is 18.2 Å². The molecule has 1 aliphatic rings. The first-order valence-corrected chi connectivity index (χ1v) is 7.97. The van der Waals surface area contributed by atoms with Gasteiger partial charge in [0.1, 0.15) is 5.60 Å². The van der Waals surface area contributed by atoms with Crippen LogP contribution in [-0.2, 0) is 11.3 Å². The molecule has 2 rings (SSSR count). The first kappa shape index (κ1) is 17.4. The second-order valence-corrected chi connectivity index (χ2v) is 6.97. The second-order valence-electron chi connectivity index (χ2n) is 6.97. The molecule has 6 heteroatoms. The van der Waals surface area contributed by atoms with Gasteiger partial charge in [-0.1, -0.05) is 6.07 Å². The molecule has 6 nitrogen and oxygen atoms in total. The number of carbonyl (C=O) groups is 1. The molecular formula is C17H26N2O4. The van der Waals surface area contributed by atoms with Crippen molar-refractivity contribution in [1.82, 2.24) is 10.2 Å². The summed E-state index contributed by atoms with van der Waals surface area (Å²) >= 11 is 0. The van der Waals surface area contributed by atoms with E-state index in [9.17, 15) is 15.0 Å². The number of phenols is 2. The predicted octanol–water partition coefficient (Wildman–Crippen LogP) is 2.59.